The van der Waals surface area contributed by atoms with Gasteiger partial charge in [0, 0.05) is 18.0 Å². The zero-order chi connectivity index (χ0) is 16.8. The average molecular weight is 315 g/mol. The molecule has 0 saturated heterocycles. The lowest BCUT2D eigenvalue weighted by molar-refractivity contribution is 0.414. The van der Waals surface area contributed by atoms with Gasteiger partial charge in [0.15, 0.2) is 0 Å². The van der Waals surface area contributed by atoms with Crippen LogP contribution in [0.15, 0.2) is 34.1 Å². The van der Waals surface area contributed by atoms with Gasteiger partial charge in [-0.25, -0.2) is 4.68 Å². The Labute approximate surface area is 137 Å². The minimum Gasteiger partial charge on any atom is -0.497 e. The summed E-state index contributed by atoms with van der Waals surface area (Å²) >= 11 is 0. The average Bonchev–Trinajstić information content (AvgIpc) is 2.89. The van der Waals surface area contributed by atoms with Gasteiger partial charge in [0.2, 0.25) is 0 Å². The van der Waals surface area contributed by atoms with Crippen LogP contribution >= 0.6 is 0 Å². The largest absolute Gasteiger partial charge is 0.497 e. The van der Waals surface area contributed by atoms with E-state index in [0.29, 0.717) is 5.56 Å². The molecule has 2 aromatic rings. The monoisotopic (exact) mass is 315 g/mol. The van der Waals surface area contributed by atoms with E-state index < -0.39 is 0 Å². The quantitative estimate of drug-likeness (QED) is 0.797. The lowest BCUT2D eigenvalue weighted by Gasteiger charge is -2.03. The van der Waals surface area contributed by atoms with Crippen molar-refractivity contribution in [3.05, 3.63) is 45.9 Å². The molecule has 124 valence electrons. The van der Waals surface area contributed by atoms with Crippen molar-refractivity contribution in [2.45, 2.75) is 40.0 Å². The number of nitrogens with one attached hydrogen (secondary N) is 1. The molecule has 1 aromatic carbocycles. The van der Waals surface area contributed by atoms with E-state index in [2.05, 4.69) is 23.9 Å². The van der Waals surface area contributed by atoms with Crippen molar-refractivity contribution in [3.63, 3.8) is 0 Å². The number of rotatable bonds is 7. The first-order valence-corrected chi connectivity index (χ1v) is 8.12. The van der Waals surface area contributed by atoms with Crippen LogP contribution in [0.2, 0.25) is 0 Å². The van der Waals surface area contributed by atoms with Gasteiger partial charge < -0.3 is 4.74 Å². The van der Waals surface area contributed by atoms with Crippen molar-refractivity contribution in [2.24, 2.45) is 4.99 Å². The maximum Gasteiger partial charge on any atom is 0.280 e. The van der Waals surface area contributed by atoms with Gasteiger partial charge in [-0.3, -0.25) is 14.9 Å². The van der Waals surface area contributed by atoms with Crippen molar-refractivity contribution in [1.29, 1.82) is 0 Å². The number of ether oxygens (including phenoxy) is 1. The summed E-state index contributed by atoms with van der Waals surface area (Å²) < 4.78 is 6.76. The number of methoxy groups -OCH3 is 1. The Balaban J connectivity index is 2.51. The summed E-state index contributed by atoms with van der Waals surface area (Å²) in [6, 6.07) is 7.43. The normalized spacial score (nSPS) is 11.7. The Morgan fingerprint density at radius 2 is 1.91 bits per heavy atom. The van der Waals surface area contributed by atoms with Crippen molar-refractivity contribution >= 4 is 5.71 Å². The molecule has 0 bridgehead atoms. The fourth-order valence-electron chi connectivity index (χ4n) is 2.56. The highest BCUT2D eigenvalue weighted by Crippen LogP contribution is 2.15. The first kappa shape index (κ1) is 17.1. The molecule has 0 unspecified atom stereocenters. The summed E-state index contributed by atoms with van der Waals surface area (Å²) in [5.41, 5.74) is 3.21. The Morgan fingerprint density at radius 3 is 2.48 bits per heavy atom. The molecule has 1 aromatic heterocycles. The van der Waals surface area contributed by atoms with Gasteiger partial charge in [-0.2, -0.15) is 0 Å². The summed E-state index contributed by atoms with van der Waals surface area (Å²) in [5.74, 6) is 0.767. The van der Waals surface area contributed by atoms with Gasteiger partial charge in [-0.15, -0.1) is 0 Å². The van der Waals surface area contributed by atoms with Crippen LogP contribution in [-0.4, -0.2) is 29.1 Å². The fourth-order valence-corrected chi connectivity index (χ4v) is 2.56. The van der Waals surface area contributed by atoms with E-state index in [0.717, 1.165) is 48.6 Å². The van der Waals surface area contributed by atoms with E-state index in [1.165, 1.54) is 0 Å². The van der Waals surface area contributed by atoms with E-state index in [4.69, 9.17) is 4.74 Å². The van der Waals surface area contributed by atoms with E-state index in [-0.39, 0.29) is 5.56 Å². The highest BCUT2D eigenvalue weighted by Gasteiger charge is 2.17. The van der Waals surface area contributed by atoms with E-state index >= 15 is 0 Å². The molecule has 0 spiro atoms. The minimum absolute atomic E-state index is 0.0454. The van der Waals surface area contributed by atoms with E-state index in [1.807, 2.05) is 31.2 Å². The molecule has 2 rings (SSSR count). The molecule has 0 aliphatic carbocycles. The highest BCUT2D eigenvalue weighted by molar-refractivity contribution is 5.99. The van der Waals surface area contributed by atoms with Gasteiger partial charge in [-0.05, 0) is 44.0 Å². The maximum atomic E-state index is 12.8. The molecular formula is C18H25N3O2. The van der Waals surface area contributed by atoms with E-state index in [1.54, 1.807) is 11.8 Å². The van der Waals surface area contributed by atoms with Crippen LogP contribution in [0.25, 0.3) is 5.69 Å². The Bertz CT molecular complexity index is 724. The summed E-state index contributed by atoms with van der Waals surface area (Å²) in [4.78, 5) is 17.4. The van der Waals surface area contributed by atoms with Crippen molar-refractivity contribution in [3.8, 4) is 11.4 Å². The predicted octanol–water partition coefficient (Wildman–Crippen LogP) is 3.35. The molecule has 23 heavy (non-hydrogen) atoms. The first-order valence-electron chi connectivity index (χ1n) is 8.12. The zero-order valence-corrected chi connectivity index (χ0v) is 14.3. The molecule has 0 aliphatic rings. The third-order valence-corrected chi connectivity index (χ3v) is 3.73. The molecule has 0 radical (unpaired) electrons. The van der Waals surface area contributed by atoms with Gasteiger partial charge in [-0.1, -0.05) is 20.3 Å². The smallest absolute Gasteiger partial charge is 0.280 e. The van der Waals surface area contributed by atoms with Crippen molar-refractivity contribution in [2.75, 3.05) is 13.7 Å². The zero-order valence-electron chi connectivity index (χ0n) is 14.3. The van der Waals surface area contributed by atoms with Crippen LogP contribution in [-0.2, 0) is 6.42 Å². The molecule has 0 aliphatic heterocycles. The third-order valence-electron chi connectivity index (χ3n) is 3.73. The number of aliphatic imine (C=N–C) groups is 1. The number of hydrogen-bond acceptors (Lipinski definition) is 3. The highest BCUT2D eigenvalue weighted by atomic mass is 16.5. The van der Waals surface area contributed by atoms with Crippen LogP contribution in [0.1, 0.15) is 44.9 Å². The fraction of sp³-hybridized carbons (Fsp3) is 0.444. The molecule has 1 N–H and O–H groups in total. The van der Waals surface area contributed by atoms with Crippen molar-refractivity contribution in [1.82, 2.24) is 9.78 Å². The molecule has 5 nitrogen and oxygen atoms in total. The number of nitrogens with zero attached hydrogens (tertiary/aromatic N) is 2. The Kier molecular flexibility index (Phi) is 5.79. The minimum atomic E-state index is -0.0454. The lowest BCUT2D eigenvalue weighted by atomic mass is 10.1. The van der Waals surface area contributed by atoms with Gasteiger partial charge >= 0.3 is 0 Å². The van der Waals surface area contributed by atoms with Crippen LogP contribution in [0.4, 0.5) is 0 Å². The molecule has 5 heteroatoms. The Hall–Kier alpha value is -2.30. The summed E-state index contributed by atoms with van der Waals surface area (Å²) in [5, 5.41) is 3.24. The maximum absolute atomic E-state index is 12.8. The molecule has 1 heterocycles. The third kappa shape index (κ3) is 3.73. The molecule has 0 atom stereocenters. The number of hydrogen-bond donors (Lipinski definition) is 1. The number of H-pyrrole nitrogens is 1. The number of aryl methyl sites for hydroxylation is 1. The van der Waals surface area contributed by atoms with Crippen LogP contribution < -0.4 is 10.3 Å². The number of aromatic nitrogens is 2. The van der Waals surface area contributed by atoms with Crippen LogP contribution in [0.3, 0.4) is 0 Å². The van der Waals surface area contributed by atoms with Gasteiger partial charge in [0.1, 0.15) is 5.75 Å². The second kappa shape index (κ2) is 7.81. The summed E-state index contributed by atoms with van der Waals surface area (Å²) in [6.07, 6.45) is 2.76. The van der Waals surface area contributed by atoms with Crippen molar-refractivity contribution < 1.29 is 4.74 Å². The topological polar surface area (TPSA) is 59.4 Å². The van der Waals surface area contributed by atoms with Gasteiger partial charge in [0.25, 0.3) is 5.56 Å². The second-order valence-corrected chi connectivity index (χ2v) is 5.52. The second-order valence-electron chi connectivity index (χ2n) is 5.52. The van der Waals surface area contributed by atoms with Gasteiger partial charge in [0.05, 0.1) is 18.4 Å². The van der Waals surface area contributed by atoms with E-state index in [9.17, 15) is 4.79 Å². The molecule has 0 saturated carbocycles. The lowest BCUT2D eigenvalue weighted by Crippen LogP contribution is -2.20. The van der Waals surface area contributed by atoms with Crippen LogP contribution in [0.5, 0.6) is 5.75 Å². The first-order chi connectivity index (χ1) is 11.1. The number of aromatic amines is 1. The molecular weight excluding hydrogens is 290 g/mol. The predicted molar refractivity (Wildman–Crippen MR) is 94.3 cm³/mol. The standard InChI is InChI=1S/C18H25N3O2/c1-5-7-16-17(13(3)19-12-6-2)18(22)21(20-16)14-8-10-15(23-4)11-9-14/h8-11,20H,5-7,12H2,1-4H3. The SMILES string of the molecule is CCCN=C(C)c1c(CCC)[nH]n(-c2ccc(OC)cc2)c1=O. The summed E-state index contributed by atoms with van der Waals surface area (Å²) in [7, 11) is 1.63. The van der Waals surface area contributed by atoms with Crippen LogP contribution in [0, 0.1) is 0 Å². The summed E-state index contributed by atoms with van der Waals surface area (Å²) in [6.45, 7) is 6.84. The molecule has 0 fully saturated rings. The number of benzene rings is 1. The Morgan fingerprint density at radius 1 is 1.22 bits per heavy atom. The molecule has 0 amide bonds.